The second-order valence-corrected chi connectivity index (χ2v) is 5.81. The minimum absolute atomic E-state index is 0.00936. The number of nitrogens with one attached hydrogen (secondary N) is 1. The average Bonchev–Trinajstić information content (AvgIpc) is 2.90. The Morgan fingerprint density at radius 3 is 2.81 bits per heavy atom. The van der Waals surface area contributed by atoms with Crippen molar-refractivity contribution in [1.29, 1.82) is 0 Å². The van der Waals surface area contributed by atoms with Crippen LogP contribution in [0.25, 0.3) is 0 Å². The first-order chi connectivity index (χ1) is 7.74. The Morgan fingerprint density at radius 1 is 1.50 bits per heavy atom. The van der Waals surface area contributed by atoms with Crippen molar-refractivity contribution in [2.45, 2.75) is 50.6 Å². The fraction of sp³-hybridized carbons (Fsp3) is 0.692. The highest BCUT2D eigenvalue weighted by molar-refractivity contribution is 7.07. The zero-order valence-corrected chi connectivity index (χ0v) is 10.7. The number of aliphatic hydroxyl groups excluding tert-OH is 1. The van der Waals surface area contributed by atoms with E-state index in [-0.39, 0.29) is 12.1 Å². The largest absolute Gasteiger partial charge is 0.394 e. The molecule has 16 heavy (non-hydrogen) atoms. The van der Waals surface area contributed by atoms with E-state index in [2.05, 4.69) is 29.1 Å². The zero-order chi connectivity index (χ0) is 11.4. The van der Waals surface area contributed by atoms with Gasteiger partial charge < -0.3 is 10.4 Å². The van der Waals surface area contributed by atoms with Crippen LogP contribution in [0.3, 0.4) is 0 Å². The fourth-order valence-corrected chi connectivity index (χ4v) is 3.42. The van der Waals surface area contributed by atoms with Crippen LogP contribution in [0.4, 0.5) is 0 Å². The van der Waals surface area contributed by atoms with Crippen molar-refractivity contribution < 1.29 is 5.11 Å². The number of rotatable bonds is 5. The van der Waals surface area contributed by atoms with Gasteiger partial charge in [-0.05, 0) is 48.6 Å². The summed E-state index contributed by atoms with van der Waals surface area (Å²) in [7, 11) is 0. The Labute approximate surface area is 102 Å². The molecular formula is C13H21NOS. The molecule has 1 aliphatic rings. The summed E-state index contributed by atoms with van der Waals surface area (Å²) in [6, 6.07) is 2.63. The van der Waals surface area contributed by atoms with Crippen LogP contribution in [0.5, 0.6) is 0 Å². The maximum Gasteiger partial charge on any atom is 0.0613 e. The standard InChI is InChI=1S/C13H21NOS/c1-11(8-12-4-7-16-9-12)14-13(10-15)5-2-3-6-13/h4,7,9,11,14-15H,2-3,5-6,8,10H2,1H3. The van der Waals surface area contributed by atoms with Gasteiger partial charge in [-0.25, -0.2) is 0 Å². The van der Waals surface area contributed by atoms with Gasteiger partial charge in [0.15, 0.2) is 0 Å². The van der Waals surface area contributed by atoms with Crippen LogP contribution in [0, 0.1) is 0 Å². The van der Waals surface area contributed by atoms with Gasteiger partial charge in [-0.3, -0.25) is 0 Å². The first kappa shape index (κ1) is 12.1. The molecule has 1 aromatic heterocycles. The molecule has 1 unspecified atom stereocenters. The maximum absolute atomic E-state index is 9.53. The van der Waals surface area contributed by atoms with Gasteiger partial charge in [0.2, 0.25) is 0 Å². The molecule has 2 N–H and O–H groups in total. The first-order valence-corrected chi connectivity index (χ1v) is 7.08. The van der Waals surface area contributed by atoms with E-state index >= 15 is 0 Å². The van der Waals surface area contributed by atoms with Crippen molar-refractivity contribution in [3.63, 3.8) is 0 Å². The third kappa shape index (κ3) is 2.84. The van der Waals surface area contributed by atoms with Gasteiger partial charge in [-0.2, -0.15) is 11.3 Å². The molecule has 0 aliphatic heterocycles. The summed E-state index contributed by atoms with van der Waals surface area (Å²) >= 11 is 1.75. The molecule has 0 aromatic carbocycles. The molecule has 1 atom stereocenters. The second kappa shape index (κ2) is 5.30. The van der Waals surface area contributed by atoms with Crippen molar-refractivity contribution >= 4 is 11.3 Å². The summed E-state index contributed by atoms with van der Waals surface area (Å²) in [4.78, 5) is 0. The van der Waals surface area contributed by atoms with Gasteiger partial charge >= 0.3 is 0 Å². The molecule has 0 spiro atoms. The van der Waals surface area contributed by atoms with E-state index in [1.165, 1.54) is 18.4 Å². The lowest BCUT2D eigenvalue weighted by molar-refractivity contribution is 0.153. The molecule has 2 nitrogen and oxygen atoms in total. The van der Waals surface area contributed by atoms with Crippen LogP contribution >= 0.6 is 11.3 Å². The monoisotopic (exact) mass is 239 g/mol. The van der Waals surface area contributed by atoms with Crippen molar-refractivity contribution in [2.75, 3.05) is 6.61 Å². The maximum atomic E-state index is 9.53. The molecule has 1 fully saturated rings. The third-order valence-corrected chi connectivity index (χ3v) is 4.27. The van der Waals surface area contributed by atoms with E-state index in [0.717, 1.165) is 19.3 Å². The first-order valence-electron chi connectivity index (χ1n) is 6.14. The lowest BCUT2D eigenvalue weighted by Crippen LogP contribution is -2.50. The second-order valence-electron chi connectivity index (χ2n) is 5.03. The molecule has 1 heterocycles. The van der Waals surface area contributed by atoms with Crippen molar-refractivity contribution in [2.24, 2.45) is 0 Å². The van der Waals surface area contributed by atoms with Crippen LogP contribution < -0.4 is 5.32 Å². The van der Waals surface area contributed by atoms with Gasteiger partial charge in [0, 0.05) is 11.6 Å². The van der Waals surface area contributed by atoms with Gasteiger partial charge in [-0.1, -0.05) is 12.8 Å². The van der Waals surface area contributed by atoms with Crippen LogP contribution in [0.2, 0.25) is 0 Å². The van der Waals surface area contributed by atoms with Gasteiger partial charge in [0.1, 0.15) is 0 Å². The normalized spacial score (nSPS) is 21.1. The predicted molar refractivity (Wildman–Crippen MR) is 68.9 cm³/mol. The van der Waals surface area contributed by atoms with Crippen molar-refractivity contribution in [3.05, 3.63) is 22.4 Å². The summed E-state index contributed by atoms with van der Waals surface area (Å²) in [5, 5.41) is 17.5. The topological polar surface area (TPSA) is 32.3 Å². The van der Waals surface area contributed by atoms with Crippen LogP contribution in [-0.4, -0.2) is 23.3 Å². The smallest absolute Gasteiger partial charge is 0.0613 e. The minimum Gasteiger partial charge on any atom is -0.394 e. The Morgan fingerprint density at radius 2 is 2.25 bits per heavy atom. The molecule has 1 aliphatic carbocycles. The van der Waals surface area contributed by atoms with Gasteiger partial charge in [-0.15, -0.1) is 0 Å². The van der Waals surface area contributed by atoms with Crippen LogP contribution in [0.1, 0.15) is 38.2 Å². The average molecular weight is 239 g/mol. The third-order valence-electron chi connectivity index (χ3n) is 3.54. The Hall–Kier alpha value is -0.380. The fourth-order valence-electron chi connectivity index (χ4n) is 2.74. The van der Waals surface area contributed by atoms with Gasteiger partial charge in [0.05, 0.1) is 6.61 Å². The van der Waals surface area contributed by atoms with Crippen molar-refractivity contribution in [1.82, 2.24) is 5.32 Å². The Balaban J connectivity index is 1.88. The van der Waals surface area contributed by atoms with Crippen molar-refractivity contribution in [3.8, 4) is 0 Å². The molecule has 90 valence electrons. The number of aliphatic hydroxyl groups is 1. The van der Waals surface area contributed by atoms with Gasteiger partial charge in [0.25, 0.3) is 0 Å². The van der Waals surface area contributed by atoms with E-state index < -0.39 is 0 Å². The van der Waals surface area contributed by atoms with Crippen LogP contribution in [-0.2, 0) is 6.42 Å². The van der Waals surface area contributed by atoms with E-state index in [0.29, 0.717) is 6.04 Å². The molecule has 0 radical (unpaired) electrons. The molecule has 0 saturated heterocycles. The van der Waals surface area contributed by atoms with E-state index in [1.54, 1.807) is 11.3 Å². The lowest BCUT2D eigenvalue weighted by atomic mass is 9.96. The highest BCUT2D eigenvalue weighted by Crippen LogP contribution is 2.29. The number of thiophene rings is 1. The highest BCUT2D eigenvalue weighted by Gasteiger charge is 2.33. The quantitative estimate of drug-likeness (QED) is 0.827. The molecule has 3 heteroatoms. The molecule has 1 saturated carbocycles. The molecule has 1 aromatic rings. The summed E-state index contributed by atoms with van der Waals surface area (Å²) in [5.41, 5.74) is 1.41. The minimum atomic E-state index is 0.00936. The number of hydrogen-bond donors (Lipinski definition) is 2. The summed E-state index contributed by atoms with van der Waals surface area (Å²) < 4.78 is 0. The Bertz CT molecular complexity index is 304. The molecular weight excluding hydrogens is 218 g/mol. The SMILES string of the molecule is CC(Cc1ccsc1)NC1(CO)CCCC1. The molecule has 0 amide bonds. The van der Waals surface area contributed by atoms with E-state index in [9.17, 15) is 5.11 Å². The summed E-state index contributed by atoms with van der Waals surface area (Å²) in [6.45, 7) is 2.49. The predicted octanol–water partition coefficient (Wildman–Crippen LogP) is 2.57. The van der Waals surface area contributed by atoms with Crippen LogP contribution in [0.15, 0.2) is 16.8 Å². The molecule has 2 rings (SSSR count). The van der Waals surface area contributed by atoms with E-state index in [4.69, 9.17) is 0 Å². The van der Waals surface area contributed by atoms with E-state index in [1.807, 2.05) is 0 Å². The molecule has 0 bridgehead atoms. The highest BCUT2D eigenvalue weighted by atomic mass is 32.1. The lowest BCUT2D eigenvalue weighted by Gasteiger charge is -2.32. The number of hydrogen-bond acceptors (Lipinski definition) is 3. The summed E-state index contributed by atoms with van der Waals surface area (Å²) in [5.74, 6) is 0. The Kier molecular flexibility index (Phi) is 4.00. The summed E-state index contributed by atoms with van der Waals surface area (Å²) in [6.07, 6.45) is 5.80. The zero-order valence-electron chi connectivity index (χ0n) is 9.91.